The normalized spacial score (nSPS) is 23.8. The second-order valence-corrected chi connectivity index (χ2v) is 6.35. The Bertz CT molecular complexity index is 540. The van der Waals surface area contributed by atoms with Gasteiger partial charge >= 0.3 is 0 Å². The summed E-state index contributed by atoms with van der Waals surface area (Å²) in [6.45, 7) is 5.22. The van der Waals surface area contributed by atoms with Crippen LogP contribution in [0.1, 0.15) is 24.9 Å². The highest BCUT2D eigenvalue weighted by Gasteiger charge is 2.38. The number of carbonyl (C=O) groups excluding carboxylic acids is 2. The van der Waals surface area contributed by atoms with Crippen molar-refractivity contribution in [3.05, 3.63) is 35.9 Å². The third kappa shape index (κ3) is 4.24. The van der Waals surface area contributed by atoms with Gasteiger partial charge in [0.15, 0.2) is 0 Å². The van der Waals surface area contributed by atoms with E-state index in [0.717, 1.165) is 31.7 Å². The Morgan fingerprint density at radius 1 is 1.22 bits per heavy atom. The van der Waals surface area contributed by atoms with Crippen LogP contribution in [-0.4, -0.2) is 42.9 Å². The van der Waals surface area contributed by atoms with E-state index in [1.165, 1.54) is 6.92 Å². The van der Waals surface area contributed by atoms with Crippen molar-refractivity contribution < 1.29 is 9.59 Å². The zero-order chi connectivity index (χ0) is 15.5. The molecule has 2 aliphatic rings. The van der Waals surface area contributed by atoms with Gasteiger partial charge in [-0.15, -0.1) is 12.4 Å². The molecule has 0 radical (unpaired) electrons. The topological polar surface area (TPSA) is 61.4 Å². The fourth-order valence-corrected chi connectivity index (χ4v) is 3.55. The number of fused-ring (bicyclic) bond motifs is 1. The van der Waals surface area contributed by atoms with Gasteiger partial charge in [0.25, 0.3) is 0 Å². The molecule has 2 saturated heterocycles. The molecule has 0 spiro atoms. The number of carbonyl (C=O) groups is 2. The zero-order valence-corrected chi connectivity index (χ0v) is 14.1. The first-order valence-corrected chi connectivity index (χ1v) is 7.94. The lowest BCUT2D eigenvalue weighted by molar-refractivity contribution is -0.131. The minimum absolute atomic E-state index is 0. The van der Waals surface area contributed by atoms with Crippen LogP contribution in [0.25, 0.3) is 0 Å². The van der Waals surface area contributed by atoms with Crippen LogP contribution in [0.3, 0.4) is 0 Å². The fraction of sp³-hybridized carbons (Fsp3) is 0.529. The van der Waals surface area contributed by atoms with Crippen molar-refractivity contribution in [3.8, 4) is 0 Å². The van der Waals surface area contributed by atoms with Gasteiger partial charge in [-0.1, -0.05) is 30.3 Å². The van der Waals surface area contributed by atoms with E-state index in [2.05, 4.69) is 10.6 Å². The maximum Gasteiger partial charge on any atom is 0.225 e. The van der Waals surface area contributed by atoms with E-state index in [1.807, 2.05) is 35.2 Å². The van der Waals surface area contributed by atoms with Crippen LogP contribution in [0.4, 0.5) is 0 Å². The summed E-state index contributed by atoms with van der Waals surface area (Å²) in [5.74, 6) is 1.22. The average Bonchev–Trinajstić information content (AvgIpc) is 3.08. The third-order valence-electron chi connectivity index (χ3n) is 4.70. The van der Waals surface area contributed by atoms with Crippen molar-refractivity contribution in [1.82, 2.24) is 15.5 Å². The first-order valence-electron chi connectivity index (χ1n) is 7.94. The first-order chi connectivity index (χ1) is 10.6. The molecule has 2 heterocycles. The molecule has 0 bridgehead atoms. The Balaban J connectivity index is 0.00000192. The molecule has 0 aliphatic carbocycles. The van der Waals surface area contributed by atoms with E-state index < -0.39 is 0 Å². The maximum atomic E-state index is 12.6. The summed E-state index contributed by atoms with van der Waals surface area (Å²) in [6, 6.07) is 9.46. The standard InChI is InChI=1S/C17H23N3O2.ClH/c1-12(21)19-16(13-5-3-2-4-6-13)7-17(22)20-10-14-8-18-9-15(14)11-20;/h2-6,14-16,18H,7-11H2,1H3,(H,19,21);1H/t14-,15+,16?;. The first kappa shape index (κ1) is 17.8. The molecule has 1 aromatic carbocycles. The van der Waals surface area contributed by atoms with Crippen LogP contribution >= 0.6 is 12.4 Å². The van der Waals surface area contributed by atoms with E-state index in [-0.39, 0.29) is 30.3 Å². The van der Waals surface area contributed by atoms with Gasteiger partial charge in [0.1, 0.15) is 0 Å². The van der Waals surface area contributed by atoms with Crippen LogP contribution in [0.5, 0.6) is 0 Å². The smallest absolute Gasteiger partial charge is 0.225 e. The van der Waals surface area contributed by atoms with Crippen LogP contribution < -0.4 is 10.6 Å². The molecule has 2 amide bonds. The van der Waals surface area contributed by atoms with Crippen molar-refractivity contribution in [2.75, 3.05) is 26.2 Å². The molecule has 126 valence electrons. The van der Waals surface area contributed by atoms with Crippen LogP contribution in [0, 0.1) is 11.8 Å². The summed E-state index contributed by atoms with van der Waals surface area (Å²) < 4.78 is 0. The Morgan fingerprint density at radius 3 is 2.39 bits per heavy atom. The SMILES string of the molecule is CC(=O)NC(CC(=O)N1C[C@H]2CNC[C@H]2C1)c1ccccc1.Cl. The van der Waals surface area contributed by atoms with E-state index in [0.29, 0.717) is 18.3 Å². The van der Waals surface area contributed by atoms with Gasteiger partial charge in [-0.25, -0.2) is 0 Å². The predicted octanol–water partition coefficient (Wildman–Crippen LogP) is 1.35. The predicted molar refractivity (Wildman–Crippen MR) is 91.3 cm³/mol. The number of hydrogen-bond acceptors (Lipinski definition) is 3. The summed E-state index contributed by atoms with van der Waals surface area (Å²) in [5, 5.41) is 6.28. The molecule has 2 fully saturated rings. The molecule has 6 heteroatoms. The van der Waals surface area contributed by atoms with Crippen molar-refractivity contribution in [2.24, 2.45) is 11.8 Å². The molecule has 1 unspecified atom stereocenters. The molecule has 1 aromatic rings. The van der Waals surface area contributed by atoms with E-state index in [4.69, 9.17) is 0 Å². The van der Waals surface area contributed by atoms with Gasteiger partial charge in [0, 0.05) is 33.1 Å². The van der Waals surface area contributed by atoms with Crippen LogP contribution in [0.2, 0.25) is 0 Å². The summed E-state index contributed by atoms with van der Waals surface area (Å²) in [6.07, 6.45) is 0.330. The van der Waals surface area contributed by atoms with Crippen LogP contribution in [0.15, 0.2) is 30.3 Å². The van der Waals surface area contributed by atoms with Crippen LogP contribution in [-0.2, 0) is 9.59 Å². The average molecular weight is 338 g/mol. The Morgan fingerprint density at radius 2 is 1.83 bits per heavy atom. The lowest BCUT2D eigenvalue weighted by Crippen LogP contribution is -2.36. The Labute approximate surface area is 143 Å². The van der Waals surface area contributed by atoms with Gasteiger partial charge in [-0.05, 0) is 17.4 Å². The second kappa shape index (κ2) is 7.79. The second-order valence-electron chi connectivity index (χ2n) is 6.35. The molecular formula is C17H24ClN3O2. The highest BCUT2D eigenvalue weighted by Crippen LogP contribution is 2.28. The largest absolute Gasteiger partial charge is 0.349 e. The summed E-state index contributed by atoms with van der Waals surface area (Å²) in [7, 11) is 0. The number of rotatable bonds is 4. The van der Waals surface area contributed by atoms with E-state index in [1.54, 1.807) is 0 Å². The highest BCUT2D eigenvalue weighted by molar-refractivity contribution is 5.85. The maximum absolute atomic E-state index is 12.6. The fourth-order valence-electron chi connectivity index (χ4n) is 3.55. The number of benzene rings is 1. The molecule has 0 aromatic heterocycles. The van der Waals surface area contributed by atoms with E-state index >= 15 is 0 Å². The zero-order valence-electron chi connectivity index (χ0n) is 13.3. The van der Waals surface area contributed by atoms with Crippen molar-refractivity contribution in [3.63, 3.8) is 0 Å². The quantitative estimate of drug-likeness (QED) is 0.872. The number of hydrogen-bond donors (Lipinski definition) is 2. The minimum atomic E-state index is -0.246. The van der Waals surface area contributed by atoms with Gasteiger partial charge in [0.2, 0.25) is 11.8 Å². The molecule has 5 nitrogen and oxygen atoms in total. The number of likely N-dealkylation sites (tertiary alicyclic amines) is 1. The summed E-state index contributed by atoms with van der Waals surface area (Å²) in [5.41, 5.74) is 0.979. The highest BCUT2D eigenvalue weighted by atomic mass is 35.5. The number of halogens is 1. The number of nitrogens with zero attached hydrogens (tertiary/aromatic N) is 1. The molecule has 2 aliphatic heterocycles. The lowest BCUT2D eigenvalue weighted by Gasteiger charge is -2.23. The molecular weight excluding hydrogens is 314 g/mol. The molecule has 3 rings (SSSR count). The van der Waals surface area contributed by atoms with Gasteiger partial charge in [-0.3, -0.25) is 9.59 Å². The Hall–Kier alpha value is -1.59. The summed E-state index contributed by atoms with van der Waals surface area (Å²) in [4.78, 5) is 26.0. The molecule has 3 atom stereocenters. The number of amides is 2. The van der Waals surface area contributed by atoms with E-state index in [9.17, 15) is 9.59 Å². The summed E-state index contributed by atoms with van der Waals surface area (Å²) >= 11 is 0. The minimum Gasteiger partial charge on any atom is -0.349 e. The molecule has 2 N–H and O–H groups in total. The Kier molecular flexibility index (Phi) is 6.02. The van der Waals surface area contributed by atoms with Crippen molar-refractivity contribution in [2.45, 2.75) is 19.4 Å². The lowest BCUT2D eigenvalue weighted by atomic mass is 10.0. The van der Waals surface area contributed by atoms with Gasteiger partial charge < -0.3 is 15.5 Å². The third-order valence-corrected chi connectivity index (χ3v) is 4.70. The van der Waals surface area contributed by atoms with Gasteiger partial charge in [0.05, 0.1) is 12.5 Å². The van der Waals surface area contributed by atoms with Crippen molar-refractivity contribution >= 4 is 24.2 Å². The van der Waals surface area contributed by atoms with Gasteiger partial charge in [-0.2, -0.15) is 0 Å². The number of nitrogens with one attached hydrogen (secondary N) is 2. The van der Waals surface area contributed by atoms with Crippen molar-refractivity contribution in [1.29, 1.82) is 0 Å². The molecule has 0 saturated carbocycles. The monoisotopic (exact) mass is 337 g/mol. The molecule has 23 heavy (non-hydrogen) atoms.